The maximum atomic E-state index is 8.75. The summed E-state index contributed by atoms with van der Waals surface area (Å²) in [6.07, 6.45) is 1.07. The average molecular weight is 251 g/mol. The summed E-state index contributed by atoms with van der Waals surface area (Å²) in [4.78, 5) is 0. The Morgan fingerprint density at radius 3 is 2.83 bits per heavy atom. The first-order valence-electron chi connectivity index (χ1n) is 6.00. The molecule has 0 aromatic heterocycles. The highest BCUT2D eigenvalue weighted by atomic mass is 16.5. The molecule has 0 aliphatic carbocycles. The van der Waals surface area contributed by atoms with Gasteiger partial charge in [0, 0.05) is 12.6 Å². The molecule has 1 aromatic rings. The summed E-state index contributed by atoms with van der Waals surface area (Å²) < 4.78 is 5.18. The third-order valence-electron chi connectivity index (χ3n) is 2.91. The van der Waals surface area contributed by atoms with E-state index in [2.05, 4.69) is 24.3 Å². The van der Waals surface area contributed by atoms with Gasteiger partial charge in [-0.3, -0.25) is 0 Å². The van der Waals surface area contributed by atoms with Crippen molar-refractivity contribution in [3.05, 3.63) is 29.3 Å². The van der Waals surface area contributed by atoms with Gasteiger partial charge in [0.1, 0.15) is 5.75 Å². The molecule has 18 heavy (non-hydrogen) atoms. The van der Waals surface area contributed by atoms with Crippen molar-refractivity contribution < 1.29 is 9.94 Å². The number of methoxy groups -OCH3 is 1. The van der Waals surface area contributed by atoms with Gasteiger partial charge >= 0.3 is 0 Å². The second-order valence-corrected chi connectivity index (χ2v) is 4.21. The van der Waals surface area contributed by atoms with Gasteiger partial charge in [-0.15, -0.1) is 0 Å². The van der Waals surface area contributed by atoms with Crippen molar-refractivity contribution in [1.29, 1.82) is 0 Å². The lowest BCUT2D eigenvalue weighted by molar-refractivity contribution is 0.318. The number of nitrogens with two attached hydrogens (primary N) is 1. The van der Waals surface area contributed by atoms with Gasteiger partial charge in [0.25, 0.3) is 0 Å². The van der Waals surface area contributed by atoms with Gasteiger partial charge in [0.2, 0.25) is 0 Å². The number of oxime groups is 1. The number of nitrogens with zero attached hydrogens (tertiary/aromatic N) is 1. The molecule has 5 nitrogen and oxygen atoms in total. The van der Waals surface area contributed by atoms with Gasteiger partial charge in [-0.25, -0.2) is 0 Å². The molecule has 0 radical (unpaired) electrons. The van der Waals surface area contributed by atoms with Crippen LogP contribution in [0, 0.1) is 0 Å². The first-order chi connectivity index (χ1) is 8.62. The van der Waals surface area contributed by atoms with E-state index in [1.807, 2.05) is 18.2 Å². The molecule has 0 aliphatic rings. The Labute approximate surface area is 108 Å². The highest BCUT2D eigenvalue weighted by molar-refractivity contribution is 5.99. The zero-order valence-corrected chi connectivity index (χ0v) is 11.1. The van der Waals surface area contributed by atoms with E-state index in [9.17, 15) is 0 Å². The van der Waals surface area contributed by atoms with Gasteiger partial charge in [0.05, 0.1) is 12.7 Å². The lowest BCUT2D eigenvalue weighted by Gasteiger charge is -2.13. The third-order valence-corrected chi connectivity index (χ3v) is 2.91. The van der Waals surface area contributed by atoms with Gasteiger partial charge in [-0.05, 0) is 31.0 Å². The second kappa shape index (κ2) is 6.86. The van der Waals surface area contributed by atoms with Gasteiger partial charge in [0.15, 0.2) is 5.84 Å². The highest BCUT2D eigenvalue weighted by Crippen LogP contribution is 2.19. The van der Waals surface area contributed by atoms with E-state index in [1.54, 1.807) is 7.11 Å². The Kier molecular flexibility index (Phi) is 5.45. The summed E-state index contributed by atoms with van der Waals surface area (Å²) >= 11 is 0. The zero-order chi connectivity index (χ0) is 13.5. The van der Waals surface area contributed by atoms with Gasteiger partial charge < -0.3 is 21.0 Å². The Morgan fingerprint density at radius 1 is 1.56 bits per heavy atom. The Hall–Kier alpha value is -1.75. The largest absolute Gasteiger partial charge is 0.496 e. The molecule has 0 spiro atoms. The lowest BCUT2D eigenvalue weighted by atomic mass is 10.1. The van der Waals surface area contributed by atoms with Crippen molar-refractivity contribution in [1.82, 2.24) is 5.32 Å². The minimum atomic E-state index is 0.0530. The Bertz CT molecular complexity index is 419. The Balaban J connectivity index is 2.89. The maximum absolute atomic E-state index is 8.75. The summed E-state index contributed by atoms with van der Waals surface area (Å²) in [6, 6.07) is 6.10. The molecular weight excluding hydrogens is 230 g/mol. The number of nitrogens with one attached hydrogen (secondary N) is 1. The van der Waals surface area contributed by atoms with Crippen molar-refractivity contribution in [2.24, 2.45) is 10.9 Å². The first kappa shape index (κ1) is 14.3. The molecule has 5 heteroatoms. The average Bonchev–Trinajstić information content (AvgIpc) is 2.43. The standard InChI is InChI=1S/C13H21N3O2/c1-4-9(2)15-8-10-5-6-12(18-3)11(7-10)13(14)16-17/h5-7,9,15,17H,4,8H2,1-3H3,(H2,14,16). The van der Waals surface area contributed by atoms with Crippen molar-refractivity contribution in [2.75, 3.05) is 7.11 Å². The van der Waals surface area contributed by atoms with E-state index in [0.29, 0.717) is 17.4 Å². The molecule has 1 rings (SSSR count). The molecule has 0 heterocycles. The van der Waals surface area contributed by atoms with Crippen molar-refractivity contribution >= 4 is 5.84 Å². The van der Waals surface area contributed by atoms with Crippen LogP contribution in [0.2, 0.25) is 0 Å². The van der Waals surface area contributed by atoms with Crippen LogP contribution in [0.3, 0.4) is 0 Å². The van der Waals surface area contributed by atoms with Crippen LogP contribution in [-0.4, -0.2) is 24.2 Å². The minimum absolute atomic E-state index is 0.0530. The van der Waals surface area contributed by atoms with Crippen LogP contribution >= 0.6 is 0 Å². The van der Waals surface area contributed by atoms with E-state index in [1.165, 1.54) is 0 Å². The predicted octanol–water partition coefficient (Wildman–Crippen LogP) is 1.68. The van der Waals surface area contributed by atoms with E-state index in [0.717, 1.165) is 18.5 Å². The molecule has 0 amide bonds. The Morgan fingerprint density at radius 2 is 2.28 bits per heavy atom. The van der Waals surface area contributed by atoms with Crippen molar-refractivity contribution in [3.8, 4) is 5.75 Å². The number of ether oxygens (including phenoxy) is 1. The molecule has 0 bridgehead atoms. The summed E-state index contributed by atoms with van der Waals surface area (Å²) in [5.74, 6) is 0.648. The molecule has 1 aromatic carbocycles. The molecule has 0 saturated carbocycles. The topological polar surface area (TPSA) is 79.9 Å². The monoisotopic (exact) mass is 251 g/mol. The van der Waals surface area contributed by atoms with Crippen LogP contribution in [0.5, 0.6) is 5.75 Å². The quantitative estimate of drug-likeness (QED) is 0.311. The zero-order valence-electron chi connectivity index (χ0n) is 11.1. The van der Waals surface area contributed by atoms with Gasteiger partial charge in [-0.2, -0.15) is 0 Å². The fourth-order valence-corrected chi connectivity index (χ4v) is 1.56. The number of rotatable bonds is 6. The molecular formula is C13H21N3O2. The molecule has 100 valence electrons. The fourth-order valence-electron chi connectivity index (χ4n) is 1.56. The molecule has 0 aliphatic heterocycles. The van der Waals surface area contributed by atoms with Crippen LogP contribution in [0.4, 0.5) is 0 Å². The van der Waals surface area contributed by atoms with E-state index in [4.69, 9.17) is 15.7 Å². The predicted molar refractivity (Wildman–Crippen MR) is 72.1 cm³/mol. The molecule has 0 fully saturated rings. The van der Waals surface area contributed by atoms with E-state index >= 15 is 0 Å². The number of amidine groups is 1. The van der Waals surface area contributed by atoms with Crippen molar-refractivity contribution in [3.63, 3.8) is 0 Å². The second-order valence-electron chi connectivity index (χ2n) is 4.21. The van der Waals surface area contributed by atoms with E-state index < -0.39 is 0 Å². The van der Waals surface area contributed by atoms with Crippen molar-refractivity contribution in [2.45, 2.75) is 32.9 Å². The molecule has 1 unspecified atom stereocenters. The maximum Gasteiger partial charge on any atom is 0.173 e. The smallest absolute Gasteiger partial charge is 0.173 e. The van der Waals surface area contributed by atoms with E-state index in [-0.39, 0.29) is 5.84 Å². The number of benzene rings is 1. The fraction of sp³-hybridized carbons (Fsp3) is 0.462. The van der Waals surface area contributed by atoms with Crippen LogP contribution < -0.4 is 15.8 Å². The van der Waals surface area contributed by atoms with Crippen LogP contribution in [-0.2, 0) is 6.54 Å². The van der Waals surface area contributed by atoms with Crippen LogP contribution in [0.15, 0.2) is 23.4 Å². The normalized spacial score (nSPS) is 13.4. The summed E-state index contributed by atoms with van der Waals surface area (Å²) in [5.41, 5.74) is 7.29. The lowest BCUT2D eigenvalue weighted by Crippen LogP contribution is -2.24. The molecule has 4 N–H and O–H groups in total. The SMILES string of the molecule is CCC(C)NCc1ccc(OC)c(C(N)=NO)c1. The molecule has 1 atom stereocenters. The summed E-state index contributed by atoms with van der Waals surface area (Å²) in [5, 5.41) is 15.1. The summed E-state index contributed by atoms with van der Waals surface area (Å²) in [6.45, 7) is 5.01. The van der Waals surface area contributed by atoms with Crippen LogP contribution in [0.25, 0.3) is 0 Å². The third kappa shape index (κ3) is 3.63. The first-order valence-corrected chi connectivity index (χ1v) is 6.00. The minimum Gasteiger partial charge on any atom is -0.496 e. The number of hydrogen-bond donors (Lipinski definition) is 3. The van der Waals surface area contributed by atoms with Gasteiger partial charge in [-0.1, -0.05) is 18.1 Å². The molecule has 0 saturated heterocycles. The number of hydrogen-bond acceptors (Lipinski definition) is 4. The highest BCUT2D eigenvalue weighted by Gasteiger charge is 2.09. The summed E-state index contributed by atoms with van der Waals surface area (Å²) in [7, 11) is 1.56. The van der Waals surface area contributed by atoms with Crippen LogP contribution in [0.1, 0.15) is 31.4 Å².